The lowest BCUT2D eigenvalue weighted by molar-refractivity contribution is 0.968. The summed E-state index contributed by atoms with van der Waals surface area (Å²) < 4.78 is 0. The Kier molecular flexibility index (Phi) is 3.73. The van der Waals surface area contributed by atoms with Gasteiger partial charge in [-0.1, -0.05) is 36.4 Å². The molecule has 0 saturated carbocycles. The molecule has 0 unspecified atom stereocenters. The van der Waals surface area contributed by atoms with E-state index in [2.05, 4.69) is 32.4 Å². The molecule has 1 aromatic carbocycles. The highest BCUT2D eigenvalue weighted by Crippen LogP contribution is 2.18. The van der Waals surface area contributed by atoms with Gasteiger partial charge in [0.25, 0.3) is 0 Å². The van der Waals surface area contributed by atoms with Gasteiger partial charge in [0.1, 0.15) is 5.82 Å². The second kappa shape index (κ2) is 6.02. The fraction of sp³-hybridized carbons (Fsp3) is 0.125. The van der Waals surface area contributed by atoms with Crippen molar-refractivity contribution in [2.24, 2.45) is 0 Å². The number of benzene rings is 1. The lowest BCUT2D eigenvalue weighted by Gasteiger charge is -2.07. The van der Waals surface area contributed by atoms with Gasteiger partial charge >= 0.3 is 0 Å². The molecule has 0 amide bonds. The second-order valence-electron chi connectivity index (χ2n) is 4.53. The summed E-state index contributed by atoms with van der Waals surface area (Å²) in [7, 11) is 0. The minimum Gasteiger partial charge on any atom is -0.370 e. The van der Waals surface area contributed by atoms with E-state index < -0.39 is 0 Å². The Bertz CT molecular complexity index is 647. The monoisotopic (exact) mass is 264 g/mol. The van der Waals surface area contributed by atoms with Gasteiger partial charge in [0.15, 0.2) is 0 Å². The molecule has 0 atom stereocenters. The molecule has 2 heterocycles. The Labute approximate surface area is 117 Å². The SMILES string of the molecule is c1ccc(-c2cccc(NCCc3cnc[nH]3)n2)cc1. The summed E-state index contributed by atoms with van der Waals surface area (Å²) in [5.74, 6) is 0.894. The van der Waals surface area contributed by atoms with Crippen LogP contribution in [0, 0.1) is 0 Å². The molecule has 3 rings (SSSR count). The van der Waals surface area contributed by atoms with E-state index in [1.807, 2.05) is 42.6 Å². The summed E-state index contributed by atoms with van der Waals surface area (Å²) in [5, 5.41) is 3.33. The maximum atomic E-state index is 4.62. The van der Waals surface area contributed by atoms with Gasteiger partial charge in [0.2, 0.25) is 0 Å². The molecule has 4 heteroatoms. The minimum absolute atomic E-state index is 0.827. The van der Waals surface area contributed by atoms with Gasteiger partial charge in [0.05, 0.1) is 12.0 Å². The van der Waals surface area contributed by atoms with Gasteiger partial charge in [-0.25, -0.2) is 9.97 Å². The molecule has 100 valence electrons. The molecule has 0 aliphatic rings. The van der Waals surface area contributed by atoms with Gasteiger partial charge in [0, 0.05) is 30.4 Å². The molecule has 0 aliphatic carbocycles. The summed E-state index contributed by atoms with van der Waals surface area (Å²) in [6, 6.07) is 16.2. The first-order chi connectivity index (χ1) is 9.92. The van der Waals surface area contributed by atoms with Gasteiger partial charge < -0.3 is 10.3 Å². The lowest BCUT2D eigenvalue weighted by atomic mass is 10.1. The number of H-pyrrole nitrogens is 1. The van der Waals surface area contributed by atoms with Gasteiger partial charge in [-0.15, -0.1) is 0 Å². The zero-order valence-electron chi connectivity index (χ0n) is 11.1. The maximum Gasteiger partial charge on any atom is 0.126 e. The Morgan fingerprint density at radius 3 is 2.70 bits per heavy atom. The van der Waals surface area contributed by atoms with Crippen LogP contribution in [0.4, 0.5) is 5.82 Å². The minimum atomic E-state index is 0.827. The number of rotatable bonds is 5. The van der Waals surface area contributed by atoms with Crippen LogP contribution in [0.25, 0.3) is 11.3 Å². The van der Waals surface area contributed by atoms with E-state index >= 15 is 0 Å². The van der Waals surface area contributed by atoms with Crippen molar-refractivity contribution in [1.29, 1.82) is 0 Å². The molecular formula is C16H16N4. The molecule has 3 aromatic rings. The molecule has 0 bridgehead atoms. The lowest BCUT2D eigenvalue weighted by Crippen LogP contribution is -2.06. The van der Waals surface area contributed by atoms with E-state index in [4.69, 9.17) is 0 Å². The number of hydrogen-bond donors (Lipinski definition) is 2. The number of pyridine rings is 1. The molecule has 0 spiro atoms. The molecule has 2 aromatic heterocycles. The predicted octanol–water partition coefficient (Wildman–Crippen LogP) is 3.13. The van der Waals surface area contributed by atoms with Crippen molar-refractivity contribution in [2.45, 2.75) is 6.42 Å². The Balaban J connectivity index is 1.66. The fourth-order valence-corrected chi connectivity index (χ4v) is 2.05. The van der Waals surface area contributed by atoms with Crippen molar-refractivity contribution >= 4 is 5.82 Å². The number of nitrogens with zero attached hydrogens (tertiary/aromatic N) is 2. The van der Waals surface area contributed by atoms with Crippen molar-refractivity contribution in [3.05, 3.63) is 66.7 Å². The first-order valence-corrected chi connectivity index (χ1v) is 6.65. The Morgan fingerprint density at radius 2 is 1.90 bits per heavy atom. The van der Waals surface area contributed by atoms with E-state index in [1.165, 1.54) is 0 Å². The van der Waals surface area contributed by atoms with Gasteiger partial charge in [-0.3, -0.25) is 0 Å². The van der Waals surface area contributed by atoms with Crippen LogP contribution in [-0.2, 0) is 6.42 Å². The third-order valence-electron chi connectivity index (χ3n) is 3.07. The third kappa shape index (κ3) is 3.03. The largest absolute Gasteiger partial charge is 0.370 e. The topological polar surface area (TPSA) is 53.6 Å². The van der Waals surface area contributed by atoms with Crippen molar-refractivity contribution in [3.63, 3.8) is 0 Å². The van der Waals surface area contributed by atoms with E-state index in [-0.39, 0.29) is 0 Å². The number of aromatic nitrogens is 3. The van der Waals surface area contributed by atoms with Gasteiger partial charge in [-0.05, 0) is 12.1 Å². The van der Waals surface area contributed by atoms with E-state index in [0.29, 0.717) is 0 Å². The van der Waals surface area contributed by atoms with Crippen molar-refractivity contribution in [3.8, 4) is 11.3 Å². The van der Waals surface area contributed by atoms with Crippen LogP contribution in [0.2, 0.25) is 0 Å². The highest BCUT2D eigenvalue weighted by atomic mass is 15.0. The van der Waals surface area contributed by atoms with Gasteiger partial charge in [-0.2, -0.15) is 0 Å². The second-order valence-corrected chi connectivity index (χ2v) is 4.53. The molecule has 0 aliphatic heterocycles. The normalized spacial score (nSPS) is 10.4. The average Bonchev–Trinajstić information content (AvgIpc) is 3.02. The van der Waals surface area contributed by atoms with Crippen LogP contribution in [-0.4, -0.2) is 21.5 Å². The van der Waals surface area contributed by atoms with E-state index in [1.54, 1.807) is 6.33 Å². The predicted molar refractivity (Wildman–Crippen MR) is 80.5 cm³/mol. The molecule has 2 N–H and O–H groups in total. The molecule has 20 heavy (non-hydrogen) atoms. The van der Waals surface area contributed by atoms with Crippen LogP contribution in [0.1, 0.15) is 5.69 Å². The Morgan fingerprint density at radius 1 is 1.00 bits per heavy atom. The Hall–Kier alpha value is -2.62. The van der Waals surface area contributed by atoms with E-state index in [0.717, 1.165) is 35.7 Å². The summed E-state index contributed by atoms with van der Waals surface area (Å²) in [5.41, 5.74) is 3.23. The molecule has 0 fully saturated rings. The number of nitrogens with one attached hydrogen (secondary N) is 2. The summed E-state index contributed by atoms with van der Waals surface area (Å²) in [6.07, 6.45) is 4.44. The number of imidazole rings is 1. The number of aromatic amines is 1. The standard InChI is InChI=1S/C16H16N4/c1-2-5-13(6-3-1)15-7-4-8-16(20-15)18-10-9-14-11-17-12-19-14/h1-8,11-12H,9-10H2,(H,17,19)(H,18,20). The average molecular weight is 264 g/mol. The van der Waals surface area contributed by atoms with Crippen LogP contribution >= 0.6 is 0 Å². The number of anilines is 1. The van der Waals surface area contributed by atoms with E-state index in [9.17, 15) is 0 Å². The highest BCUT2D eigenvalue weighted by molar-refractivity contribution is 5.60. The molecule has 0 saturated heterocycles. The van der Waals surface area contributed by atoms with Crippen LogP contribution in [0.5, 0.6) is 0 Å². The first-order valence-electron chi connectivity index (χ1n) is 6.65. The summed E-state index contributed by atoms with van der Waals surface area (Å²) >= 11 is 0. The van der Waals surface area contributed by atoms with Crippen LogP contribution < -0.4 is 5.32 Å². The molecule has 4 nitrogen and oxygen atoms in total. The zero-order chi connectivity index (χ0) is 13.6. The highest BCUT2D eigenvalue weighted by Gasteiger charge is 2.00. The fourth-order valence-electron chi connectivity index (χ4n) is 2.05. The summed E-state index contributed by atoms with van der Waals surface area (Å²) in [4.78, 5) is 11.7. The van der Waals surface area contributed by atoms with Crippen molar-refractivity contribution in [2.75, 3.05) is 11.9 Å². The maximum absolute atomic E-state index is 4.62. The zero-order valence-corrected chi connectivity index (χ0v) is 11.1. The third-order valence-corrected chi connectivity index (χ3v) is 3.07. The smallest absolute Gasteiger partial charge is 0.126 e. The first kappa shape index (κ1) is 12.4. The van der Waals surface area contributed by atoms with Crippen LogP contribution in [0.15, 0.2) is 61.1 Å². The van der Waals surface area contributed by atoms with Crippen LogP contribution in [0.3, 0.4) is 0 Å². The van der Waals surface area contributed by atoms with Crippen molar-refractivity contribution in [1.82, 2.24) is 15.0 Å². The summed E-state index contributed by atoms with van der Waals surface area (Å²) in [6.45, 7) is 0.827. The molecular weight excluding hydrogens is 248 g/mol. The van der Waals surface area contributed by atoms with Crippen molar-refractivity contribution < 1.29 is 0 Å². The number of hydrogen-bond acceptors (Lipinski definition) is 3. The quantitative estimate of drug-likeness (QED) is 0.744. The molecule has 0 radical (unpaired) electrons.